The second-order valence-corrected chi connectivity index (χ2v) is 10.4. The van der Waals surface area contributed by atoms with E-state index in [2.05, 4.69) is 78.1 Å². The Morgan fingerprint density at radius 2 is 2.00 bits per heavy atom. The first kappa shape index (κ1) is 14.0. The third-order valence-electron chi connectivity index (χ3n) is 4.71. The third kappa shape index (κ3) is 2.18. The number of fused-ring (bicyclic) bond motifs is 3. The molecule has 0 saturated heterocycles. The molecule has 1 heterocycles. The van der Waals surface area contributed by atoms with Gasteiger partial charge < -0.3 is 0 Å². The topological polar surface area (TPSA) is 0 Å². The summed E-state index contributed by atoms with van der Waals surface area (Å²) in [4.78, 5) is 0.459. The molecule has 4 unspecified atom stereocenters. The standard InChI is InChI=1S/C16H13Br3S/c17-12-7-11(16(19)20-12)15(18)14-10-6-5-8-3-1-2-4-9(8)13(10)14/h1-4,7,10,13-15H,5-6H2. The van der Waals surface area contributed by atoms with E-state index in [1.165, 1.54) is 26.0 Å². The summed E-state index contributed by atoms with van der Waals surface area (Å²) < 4.78 is 2.45. The molecule has 4 rings (SSSR count). The minimum Gasteiger partial charge on any atom is -0.121 e. The first-order valence-corrected chi connectivity index (χ1v) is 10.1. The van der Waals surface area contributed by atoms with Crippen molar-refractivity contribution in [2.75, 3.05) is 0 Å². The molecule has 2 aromatic rings. The highest BCUT2D eigenvalue weighted by Crippen LogP contribution is 2.67. The zero-order chi connectivity index (χ0) is 13.9. The number of hydrogen-bond acceptors (Lipinski definition) is 1. The molecular formula is C16H13Br3S. The van der Waals surface area contributed by atoms with Crippen LogP contribution in [-0.2, 0) is 6.42 Å². The molecule has 1 aromatic carbocycles. The number of halogens is 3. The normalized spacial score (nSPS) is 28.6. The Hall–Kier alpha value is 0.360. The van der Waals surface area contributed by atoms with Gasteiger partial charge in [-0.1, -0.05) is 40.2 Å². The largest absolute Gasteiger partial charge is 0.121 e. The minimum atomic E-state index is 0.459. The highest BCUT2D eigenvalue weighted by molar-refractivity contribution is 9.12. The number of alkyl halides is 1. The Labute approximate surface area is 148 Å². The van der Waals surface area contributed by atoms with Crippen LogP contribution in [0.2, 0.25) is 0 Å². The lowest BCUT2D eigenvalue weighted by molar-refractivity contribution is 0.627. The molecule has 1 saturated carbocycles. The fourth-order valence-corrected chi connectivity index (χ4v) is 8.24. The van der Waals surface area contributed by atoms with Crippen LogP contribution in [-0.4, -0.2) is 0 Å². The summed E-state index contributed by atoms with van der Waals surface area (Å²) in [5.41, 5.74) is 4.57. The van der Waals surface area contributed by atoms with Crippen LogP contribution >= 0.6 is 59.1 Å². The van der Waals surface area contributed by atoms with Gasteiger partial charge in [0.1, 0.15) is 0 Å². The maximum absolute atomic E-state index is 3.97. The Morgan fingerprint density at radius 3 is 2.75 bits per heavy atom. The number of benzene rings is 1. The molecular weight excluding hydrogens is 464 g/mol. The van der Waals surface area contributed by atoms with Gasteiger partial charge in [0.25, 0.3) is 0 Å². The second kappa shape index (κ2) is 5.22. The van der Waals surface area contributed by atoms with Crippen molar-refractivity contribution < 1.29 is 0 Å². The van der Waals surface area contributed by atoms with Gasteiger partial charge in [-0.2, -0.15) is 0 Å². The van der Waals surface area contributed by atoms with E-state index in [0.29, 0.717) is 4.83 Å². The SMILES string of the molecule is Brc1cc(C(Br)C2C3CCc4ccccc4C32)c(Br)s1. The van der Waals surface area contributed by atoms with Gasteiger partial charge in [0.2, 0.25) is 0 Å². The Balaban J connectivity index is 1.65. The molecule has 2 aliphatic rings. The number of thiophene rings is 1. The average Bonchev–Trinajstić information content (AvgIpc) is 3.09. The number of rotatable bonds is 2. The Kier molecular flexibility index (Phi) is 3.65. The van der Waals surface area contributed by atoms with Crippen molar-refractivity contribution in [3.8, 4) is 0 Å². The van der Waals surface area contributed by atoms with E-state index in [1.54, 1.807) is 22.5 Å². The smallest absolute Gasteiger partial charge is 0.0753 e. The zero-order valence-corrected chi connectivity index (χ0v) is 16.2. The lowest BCUT2D eigenvalue weighted by atomic mass is 9.92. The van der Waals surface area contributed by atoms with Gasteiger partial charge in [0.05, 0.1) is 7.57 Å². The van der Waals surface area contributed by atoms with Gasteiger partial charge in [0, 0.05) is 4.83 Å². The van der Waals surface area contributed by atoms with Gasteiger partial charge in [-0.05, 0) is 85.2 Å². The Morgan fingerprint density at radius 1 is 1.20 bits per heavy atom. The summed E-state index contributed by atoms with van der Waals surface area (Å²) in [7, 11) is 0. The fourth-order valence-electron chi connectivity index (χ4n) is 3.77. The van der Waals surface area contributed by atoms with Crippen molar-refractivity contribution >= 4 is 59.1 Å². The van der Waals surface area contributed by atoms with Crippen molar-refractivity contribution in [3.63, 3.8) is 0 Å². The van der Waals surface area contributed by atoms with E-state index in [1.807, 2.05) is 0 Å². The maximum Gasteiger partial charge on any atom is 0.0753 e. The summed E-state index contributed by atoms with van der Waals surface area (Å²) in [5, 5.41) is 0. The average molecular weight is 477 g/mol. The molecule has 1 fully saturated rings. The molecule has 1 aromatic heterocycles. The molecule has 20 heavy (non-hydrogen) atoms. The first-order valence-electron chi connectivity index (χ1n) is 6.83. The molecule has 0 aliphatic heterocycles. The molecule has 4 heteroatoms. The van der Waals surface area contributed by atoms with E-state index >= 15 is 0 Å². The van der Waals surface area contributed by atoms with Crippen molar-refractivity contribution in [1.82, 2.24) is 0 Å². The summed E-state index contributed by atoms with van der Waals surface area (Å²) in [6.45, 7) is 0. The van der Waals surface area contributed by atoms with Crippen LogP contribution in [0.3, 0.4) is 0 Å². The van der Waals surface area contributed by atoms with Crippen molar-refractivity contribution in [2.45, 2.75) is 23.6 Å². The molecule has 0 nitrogen and oxygen atoms in total. The summed E-state index contributed by atoms with van der Waals surface area (Å²) in [6.07, 6.45) is 2.60. The van der Waals surface area contributed by atoms with Crippen LogP contribution in [0.15, 0.2) is 37.9 Å². The van der Waals surface area contributed by atoms with E-state index < -0.39 is 0 Å². The number of hydrogen-bond donors (Lipinski definition) is 0. The third-order valence-corrected chi connectivity index (χ3v) is 8.20. The monoisotopic (exact) mass is 474 g/mol. The molecule has 0 bridgehead atoms. The van der Waals surface area contributed by atoms with Gasteiger partial charge >= 0.3 is 0 Å². The molecule has 104 valence electrons. The number of aryl methyl sites for hydroxylation is 1. The van der Waals surface area contributed by atoms with Gasteiger partial charge in [-0.25, -0.2) is 0 Å². The molecule has 0 radical (unpaired) electrons. The van der Waals surface area contributed by atoms with Crippen LogP contribution in [0, 0.1) is 11.8 Å². The Bertz CT molecular complexity index is 663. The molecule has 2 aliphatic carbocycles. The first-order chi connectivity index (χ1) is 9.66. The maximum atomic E-state index is 3.97. The summed E-state index contributed by atoms with van der Waals surface area (Å²) >= 11 is 13.0. The molecule has 0 spiro atoms. The lowest BCUT2D eigenvalue weighted by Gasteiger charge is -2.13. The predicted molar refractivity (Wildman–Crippen MR) is 95.9 cm³/mol. The molecule has 0 N–H and O–H groups in total. The van der Waals surface area contributed by atoms with E-state index in [9.17, 15) is 0 Å². The fraction of sp³-hybridized carbons (Fsp3) is 0.375. The van der Waals surface area contributed by atoms with Crippen LogP contribution in [0.5, 0.6) is 0 Å². The van der Waals surface area contributed by atoms with Crippen LogP contribution in [0.4, 0.5) is 0 Å². The highest BCUT2D eigenvalue weighted by Gasteiger charge is 2.56. The minimum absolute atomic E-state index is 0.459. The van der Waals surface area contributed by atoms with Crippen LogP contribution in [0.1, 0.15) is 33.9 Å². The quantitative estimate of drug-likeness (QED) is 0.424. The van der Waals surface area contributed by atoms with Crippen LogP contribution in [0.25, 0.3) is 0 Å². The van der Waals surface area contributed by atoms with Crippen molar-refractivity contribution in [2.24, 2.45) is 11.8 Å². The van der Waals surface area contributed by atoms with E-state index in [-0.39, 0.29) is 0 Å². The van der Waals surface area contributed by atoms with Crippen LogP contribution < -0.4 is 0 Å². The molecule has 4 atom stereocenters. The van der Waals surface area contributed by atoms with E-state index in [4.69, 9.17) is 0 Å². The van der Waals surface area contributed by atoms with E-state index in [0.717, 1.165) is 17.8 Å². The zero-order valence-electron chi connectivity index (χ0n) is 10.7. The summed E-state index contributed by atoms with van der Waals surface area (Å²) in [5.74, 6) is 2.37. The highest BCUT2D eigenvalue weighted by atomic mass is 79.9. The second-order valence-electron chi connectivity index (χ2n) is 5.69. The van der Waals surface area contributed by atoms with Gasteiger partial charge in [0.15, 0.2) is 0 Å². The predicted octanol–water partition coefficient (Wildman–Crippen LogP) is 6.69. The molecule has 0 amide bonds. The van der Waals surface area contributed by atoms with Gasteiger partial charge in [-0.15, -0.1) is 11.3 Å². The lowest BCUT2D eigenvalue weighted by Crippen LogP contribution is -2.00. The van der Waals surface area contributed by atoms with Gasteiger partial charge in [-0.3, -0.25) is 0 Å². The van der Waals surface area contributed by atoms with Crippen molar-refractivity contribution in [1.29, 1.82) is 0 Å². The summed E-state index contributed by atoms with van der Waals surface area (Å²) in [6, 6.07) is 11.3. The van der Waals surface area contributed by atoms with Crippen molar-refractivity contribution in [3.05, 3.63) is 54.6 Å².